The fourth-order valence-electron chi connectivity index (χ4n) is 1.37. The maximum Gasteiger partial charge on any atom is 0.0794 e. The van der Waals surface area contributed by atoms with Gasteiger partial charge in [0.2, 0.25) is 0 Å². The monoisotopic (exact) mass is 184 g/mol. The Kier molecular flexibility index (Phi) is 2.85. The number of rotatable bonds is 2. The Bertz CT molecular complexity index is 223. The number of aromatic nitrogens is 1. The minimum atomic E-state index is 0.251. The molecule has 0 saturated heterocycles. The van der Waals surface area contributed by atoms with Gasteiger partial charge in [-0.2, -0.15) is 0 Å². The van der Waals surface area contributed by atoms with Gasteiger partial charge < -0.3 is 5.32 Å². The van der Waals surface area contributed by atoms with Gasteiger partial charge >= 0.3 is 0 Å². The quantitative estimate of drug-likeness (QED) is 0.763. The Morgan fingerprint density at radius 2 is 2.17 bits per heavy atom. The third kappa shape index (κ3) is 2.05. The third-order valence-corrected chi connectivity index (χ3v) is 2.73. The molecule has 68 valence electrons. The van der Waals surface area contributed by atoms with Gasteiger partial charge in [0.15, 0.2) is 0 Å². The van der Waals surface area contributed by atoms with Crippen LogP contribution in [-0.2, 0) is 0 Å². The van der Waals surface area contributed by atoms with Crippen molar-refractivity contribution in [2.75, 3.05) is 7.05 Å². The highest BCUT2D eigenvalue weighted by atomic mass is 32.1. The standard InChI is InChI=1S/C9H16N2S/c1-9(2,3)8(10-4)7-5-11-6-12-7/h5-6,8,10H,1-4H3. The molecule has 0 bridgehead atoms. The van der Waals surface area contributed by atoms with Crippen molar-refractivity contribution in [3.8, 4) is 0 Å². The molecule has 0 amide bonds. The molecule has 1 rings (SSSR count). The van der Waals surface area contributed by atoms with E-state index in [4.69, 9.17) is 0 Å². The second-order valence-corrected chi connectivity index (χ2v) is 4.91. The molecule has 0 spiro atoms. The molecule has 0 aliphatic carbocycles. The molecule has 0 aromatic carbocycles. The number of nitrogens with one attached hydrogen (secondary N) is 1. The van der Waals surface area contributed by atoms with Gasteiger partial charge in [-0.25, -0.2) is 0 Å². The molecule has 1 aromatic heterocycles. The first-order valence-electron chi connectivity index (χ1n) is 4.11. The molecule has 1 heterocycles. The van der Waals surface area contributed by atoms with Gasteiger partial charge in [0.25, 0.3) is 0 Å². The summed E-state index contributed by atoms with van der Waals surface area (Å²) < 4.78 is 0. The summed E-state index contributed by atoms with van der Waals surface area (Å²) in [5.41, 5.74) is 2.13. The average Bonchev–Trinajstić information content (AvgIpc) is 2.38. The lowest BCUT2D eigenvalue weighted by Crippen LogP contribution is -2.28. The molecule has 12 heavy (non-hydrogen) atoms. The van der Waals surface area contributed by atoms with Gasteiger partial charge in [-0.1, -0.05) is 20.8 Å². The summed E-state index contributed by atoms with van der Waals surface area (Å²) in [6.07, 6.45) is 1.94. The third-order valence-electron chi connectivity index (χ3n) is 1.89. The van der Waals surface area contributed by atoms with Crippen LogP contribution in [-0.4, -0.2) is 12.0 Å². The number of hydrogen-bond acceptors (Lipinski definition) is 3. The zero-order valence-corrected chi connectivity index (χ0v) is 8.90. The highest BCUT2D eigenvalue weighted by molar-refractivity contribution is 7.09. The van der Waals surface area contributed by atoms with Crippen LogP contribution in [0.4, 0.5) is 0 Å². The number of thiazole rings is 1. The maximum absolute atomic E-state index is 4.08. The van der Waals surface area contributed by atoms with Gasteiger partial charge in [0.1, 0.15) is 0 Å². The van der Waals surface area contributed by atoms with E-state index in [2.05, 4.69) is 31.1 Å². The predicted molar refractivity (Wildman–Crippen MR) is 53.4 cm³/mol. The summed E-state index contributed by atoms with van der Waals surface area (Å²) in [4.78, 5) is 5.39. The van der Waals surface area contributed by atoms with Crippen LogP contribution in [0.2, 0.25) is 0 Å². The van der Waals surface area contributed by atoms with Crippen molar-refractivity contribution in [2.45, 2.75) is 26.8 Å². The summed E-state index contributed by atoms with van der Waals surface area (Å²) in [6, 6.07) is 0.407. The van der Waals surface area contributed by atoms with E-state index in [1.54, 1.807) is 11.3 Å². The second-order valence-electron chi connectivity index (χ2n) is 3.99. The predicted octanol–water partition coefficient (Wildman–Crippen LogP) is 2.45. The Morgan fingerprint density at radius 3 is 2.50 bits per heavy atom. The minimum Gasteiger partial charge on any atom is -0.312 e. The molecule has 1 unspecified atom stereocenters. The van der Waals surface area contributed by atoms with E-state index in [0.29, 0.717) is 6.04 Å². The van der Waals surface area contributed by atoms with Crippen molar-refractivity contribution in [1.29, 1.82) is 0 Å². The first-order chi connectivity index (χ1) is 5.55. The molecule has 1 aromatic rings. The summed E-state index contributed by atoms with van der Waals surface area (Å²) in [6.45, 7) is 6.69. The lowest BCUT2D eigenvalue weighted by atomic mass is 9.86. The van der Waals surface area contributed by atoms with Gasteiger partial charge in [-0.3, -0.25) is 4.98 Å². The molecular formula is C9H16N2S. The van der Waals surface area contributed by atoms with Gasteiger partial charge in [0, 0.05) is 17.1 Å². The van der Waals surface area contributed by atoms with Crippen molar-refractivity contribution < 1.29 is 0 Å². The van der Waals surface area contributed by atoms with E-state index in [1.807, 2.05) is 18.8 Å². The maximum atomic E-state index is 4.08. The molecule has 3 heteroatoms. The Hall–Kier alpha value is -0.410. The highest BCUT2D eigenvalue weighted by Gasteiger charge is 2.25. The van der Waals surface area contributed by atoms with Crippen LogP contribution in [0.1, 0.15) is 31.7 Å². The summed E-state index contributed by atoms with van der Waals surface area (Å²) in [5, 5.41) is 3.31. The Morgan fingerprint density at radius 1 is 1.50 bits per heavy atom. The van der Waals surface area contributed by atoms with E-state index in [1.165, 1.54) is 4.88 Å². The molecule has 0 saturated carbocycles. The van der Waals surface area contributed by atoms with Crippen LogP contribution in [0.5, 0.6) is 0 Å². The van der Waals surface area contributed by atoms with Crippen molar-refractivity contribution in [2.24, 2.45) is 5.41 Å². The van der Waals surface area contributed by atoms with Crippen molar-refractivity contribution in [1.82, 2.24) is 10.3 Å². The summed E-state index contributed by atoms with van der Waals surface area (Å²) in [5.74, 6) is 0. The first kappa shape index (κ1) is 9.68. The number of nitrogens with zero attached hydrogens (tertiary/aromatic N) is 1. The van der Waals surface area contributed by atoms with Crippen LogP contribution in [0, 0.1) is 5.41 Å². The molecule has 0 fully saturated rings. The number of hydrogen-bond donors (Lipinski definition) is 1. The Labute approximate surface area is 78.0 Å². The largest absolute Gasteiger partial charge is 0.312 e. The average molecular weight is 184 g/mol. The van der Waals surface area contributed by atoms with Crippen molar-refractivity contribution in [3.05, 3.63) is 16.6 Å². The molecule has 1 N–H and O–H groups in total. The smallest absolute Gasteiger partial charge is 0.0794 e. The summed E-state index contributed by atoms with van der Waals surface area (Å²) >= 11 is 1.71. The normalized spacial score (nSPS) is 14.7. The molecule has 2 nitrogen and oxygen atoms in total. The van der Waals surface area contributed by atoms with Crippen LogP contribution < -0.4 is 5.32 Å². The SMILES string of the molecule is CNC(c1cncs1)C(C)(C)C. The topological polar surface area (TPSA) is 24.9 Å². The van der Waals surface area contributed by atoms with Crippen molar-refractivity contribution in [3.63, 3.8) is 0 Å². The van der Waals surface area contributed by atoms with Crippen LogP contribution in [0.3, 0.4) is 0 Å². The first-order valence-corrected chi connectivity index (χ1v) is 4.99. The lowest BCUT2D eigenvalue weighted by molar-refractivity contribution is 0.291. The molecule has 0 radical (unpaired) electrons. The molecule has 0 aliphatic rings. The van der Waals surface area contributed by atoms with E-state index >= 15 is 0 Å². The van der Waals surface area contributed by atoms with E-state index in [0.717, 1.165) is 0 Å². The fourth-order valence-corrected chi connectivity index (χ4v) is 2.34. The van der Waals surface area contributed by atoms with Crippen LogP contribution in [0.15, 0.2) is 11.7 Å². The summed E-state index contributed by atoms with van der Waals surface area (Å²) in [7, 11) is 2.00. The van der Waals surface area contributed by atoms with Gasteiger partial charge in [-0.15, -0.1) is 11.3 Å². The van der Waals surface area contributed by atoms with E-state index in [-0.39, 0.29) is 5.41 Å². The lowest BCUT2D eigenvalue weighted by Gasteiger charge is -2.29. The van der Waals surface area contributed by atoms with Gasteiger partial charge in [0.05, 0.1) is 5.51 Å². The van der Waals surface area contributed by atoms with Crippen LogP contribution in [0.25, 0.3) is 0 Å². The molecular weight excluding hydrogens is 168 g/mol. The van der Waals surface area contributed by atoms with Crippen molar-refractivity contribution >= 4 is 11.3 Å². The Balaban J connectivity index is 2.84. The zero-order valence-electron chi connectivity index (χ0n) is 8.09. The second kappa shape index (κ2) is 3.54. The van der Waals surface area contributed by atoms with E-state index < -0.39 is 0 Å². The van der Waals surface area contributed by atoms with E-state index in [9.17, 15) is 0 Å². The minimum absolute atomic E-state index is 0.251. The fraction of sp³-hybridized carbons (Fsp3) is 0.667. The zero-order chi connectivity index (χ0) is 9.19. The van der Waals surface area contributed by atoms with Crippen LogP contribution >= 0.6 is 11.3 Å². The highest BCUT2D eigenvalue weighted by Crippen LogP contribution is 2.33. The molecule has 0 aliphatic heterocycles. The molecule has 1 atom stereocenters. The van der Waals surface area contributed by atoms with Gasteiger partial charge in [-0.05, 0) is 12.5 Å².